The van der Waals surface area contributed by atoms with Crippen molar-refractivity contribution in [2.45, 2.75) is 19.4 Å². The van der Waals surface area contributed by atoms with Gasteiger partial charge >= 0.3 is 0 Å². The van der Waals surface area contributed by atoms with Crippen LogP contribution in [0.3, 0.4) is 0 Å². The van der Waals surface area contributed by atoms with Gasteiger partial charge < -0.3 is 10.4 Å². The van der Waals surface area contributed by atoms with E-state index >= 15 is 0 Å². The van der Waals surface area contributed by atoms with Gasteiger partial charge in [0.2, 0.25) is 0 Å². The lowest BCUT2D eigenvalue weighted by Gasteiger charge is -2.39. The fourth-order valence-corrected chi connectivity index (χ4v) is 2.18. The Morgan fingerprint density at radius 1 is 1.63 bits per heavy atom. The van der Waals surface area contributed by atoms with E-state index in [0.29, 0.717) is 23.3 Å². The van der Waals surface area contributed by atoms with Gasteiger partial charge in [-0.25, -0.2) is 4.98 Å². The van der Waals surface area contributed by atoms with Crippen molar-refractivity contribution in [3.05, 3.63) is 23.4 Å². The smallest absolute Gasteiger partial charge is 0.255 e. The molecule has 0 aromatic carbocycles. The molecule has 1 aromatic heterocycles. The molecule has 2 rings (SSSR count). The lowest BCUT2D eigenvalue weighted by atomic mass is 9.97. The molecule has 104 valence electrons. The standard InChI is InChI=1S/C13H18ClN3O2/c1-2-9-6-17(7-9)8-11(18)13(19)16-12-4-3-10(14)5-15-12/h3-5,9,11,18H,2,6-8H2,1H3,(H,15,16,19). The van der Waals surface area contributed by atoms with E-state index in [1.165, 1.54) is 6.20 Å². The summed E-state index contributed by atoms with van der Waals surface area (Å²) in [4.78, 5) is 17.8. The van der Waals surface area contributed by atoms with E-state index in [2.05, 4.69) is 22.1 Å². The summed E-state index contributed by atoms with van der Waals surface area (Å²) < 4.78 is 0. The van der Waals surface area contributed by atoms with Crippen LogP contribution in [0.4, 0.5) is 5.82 Å². The molecule has 1 unspecified atom stereocenters. The summed E-state index contributed by atoms with van der Waals surface area (Å²) >= 11 is 5.70. The minimum absolute atomic E-state index is 0.371. The summed E-state index contributed by atoms with van der Waals surface area (Å²) in [5, 5.41) is 12.9. The molecule has 6 heteroatoms. The average molecular weight is 284 g/mol. The van der Waals surface area contributed by atoms with Crippen molar-refractivity contribution in [1.82, 2.24) is 9.88 Å². The second kappa shape index (κ2) is 6.32. The second-order valence-electron chi connectivity index (χ2n) is 4.86. The number of carbonyl (C=O) groups excluding carboxylic acids is 1. The van der Waals surface area contributed by atoms with Crippen molar-refractivity contribution < 1.29 is 9.90 Å². The summed E-state index contributed by atoms with van der Waals surface area (Å²) in [5.41, 5.74) is 0. The van der Waals surface area contributed by atoms with Crippen LogP contribution in [-0.4, -0.2) is 46.6 Å². The van der Waals surface area contributed by atoms with Gasteiger partial charge in [0.15, 0.2) is 0 Å². The van der Waals surface area contributed by atoms with E-state index in [9.17, 15) is 9.90 Å². The minimum Gasteiger partial charge on any atom is -0.382 e. The number of halogens is 1. The first kappa shape index (κ1) is 14.2. The van der Waals surface area contributed by atoms with Gasteiger partial charge in [-0.05, 0) is 18.1 Å². The molecule has 1 aromatic rings. The highest BCUT2D eigenvalue weighted by Gasteiger charge is 2.28. The number of β-amino-alcohol motifs (C(OH)–C–C–N with tert-alkyl or cyclic N) is 1. The van der Waals surface area contributed by atoms with Crippen LogP contribution in [-0.2, 0) is 4.79 Å². The molecule has 1 saturated heterocycles. The monoisotopic (exact) mass is 283 g/mol. The molecule has 0 spiro atoms. The largest absolute Gasteiger partial charge is 0.382 e. The number of carbonyl (C=O) groups is 1. The highest BCUT2D eigenvalue weighted by molar-refractivity contribution is 6.30. The van der Waals surface area contributed by atoms with Crippen molar-refractivity contribution in [2.24, 2.45) is 5.92 Å². The molecule has 0 bridgehead atoms. The lowest BCUT2D eigenvalue weighted by Crippen LogP contribution is -2.51. The topological polar surface area (TPSA) is 65.5 Å². The Morgan fingerprint density at radius 3 is 2.95 bits per heavy atom. The predicted molar refractivity (Wildman–Crippen MR) is 74.1 cm³/mol. The maximum absolute atomic E-state index is 11.8. The Kier molecular flexibility index (Phi) is 4.74. The van der Waals surface area contributed by atoms with E-state index in [4.69, 9.17) is 11.6 Å². The highest BCUT2D eigenvalue weighted by atomic mass is 35.5. The van der Waals surface area contributed by atoms with Gasteiger partial charge in [-0.15, -0.1) is 0 Å². The first-order valence-electron chi connectivity index (χ1n) is 6.41. The number of hydrogen-bond acceptors (Lipinski definition) is 4. The van der Waals surface area contributed by atoms with Gasteiger partial charge in [-0.2, -0.15) is 0 Å². The summed E-state index contributed by atoms with van der Waals surface area (Å²) in [6.07, 6.45) is 1.56. The van der Waals surface area contributed by atoms with Crippen LogP contribution in [0.5, 0.6) is 0 Å². The lowest BCUT2D eigenvalue weighted by molar-refractivity contribution is -0.125. The molecule has 1 amide bonds. The number of likely N-dealkylation sites (tertiary alicyclic amines) is 1. The number of rotatable bonds is 5. The number of anilines is 1. The molecule has 1 fully saturated rings. The van der Waals surface area contributed by atoms with Crippen molar-refractivity contribution in [2.75, 3.05) is 25.0 Å². The molecular formula is C13H18ClN3O2. The predicted octanol–water partition coefficient (Wildman–Crippen LogP) is 1.38. The maximum Gasteiger partial charge on any atom is 0.255 e. The molecular weight excluding hydrogens is 266 g/mol. The zero-order valence-corrected chi connectivity index (χ0v) is 11.6. The Morgan fingerprint density at radius 2 is 2.37 bits per heavy atom. The fourth-order valence-electron chi connectivity index (χ4n) is 2.07. The number of nitrogens with one attached hydrogen (secondary N) is 1. The zero-order chi connectivity index (χ0) is 13.8. The molecule has 0 aliphatic carbocycles. The summed E-state index contributed by atoms with van der Waals surface area (Å²) in [5.74, 6) is 0.659. The van der Waals surface area contributed by atoms with Gasteiger partial charge in [0.25, 0.3) is 5.91 Å². The quantitative estimate of drug-likeness (QED) is 0.857. The van der Waals surface area contributed by atoms with Crippen molar-refractivity contribution in [1.29, 1.82) is 0 Å². The van der Waals surface area contributed by atoms with Crippen LogP contribution < -0.4 is 5.32 Å². The summed E-state index contributed by atoms with van der Waals surface area (Å²) in [6.45, 7) is 4.44. The van der Waals surface area contributed by atoms with Crippen LogP contribution in [0.2, 0.25) is 5.02 Å². The third-order valence-electron chi connectivity index (χ3n) is 3.32. The van der Waals surface area contributed by atoms with E-state index in [0.717, 1.165) is 19.5 Å². The number of pyridine rings is 1. The van der Waals surface area contributed by atoms with Gasteiger partial charge in [-0.1, -0.05) is 24.9 Å². The van der Waals surface area contributed by atoms with Crippen LogP contribution >= 0.6 is 11.6 Å². The van der Waals surface area contributed by atoms with Gasteiger partial charge in [0.1, 0.15) is 11.9 Å². The Labute approximate surface area is 117 Å². The van der Waals surface area contributed by atoms with Gasteiger partial charge in [0.05, 0.1) is 5.02 Å². The second-order valence-corrected chi connectivity index (χ2v) is 5.30. The zero-order valence-electron chi connectivity index (χ0n) is 10.8. The fraction of sp³-hybridized carbons (Fsp3) is 0.538. The number of nitrogens with zero attached hydrogens (tertiary/aromatic N) is 2. The van der Waals surface area contributed by atoms with Crippen LogP contribution in [0.15, 0.2) is 18.3 Å². The third kappa shape index (κ3) is 3.89. The van der Waals surface area contributed by atoms with Crippen LogP contribution in [0, 0.1) is 5.92 Å². The highest BCUT2D eigenvalue weighted by Crippen LogP contribution is 2.18. The molecule has 2 heterocycles. The SMILES string of the molecule is CCC1CN(CC(O)C(=O)Nc2ccc(Cl)cn2)C1. The van der Waals surface area contributed by atoms with E-state index in [1.807, 2.05) is 0 Å². The summed E-state index contributed by atoms with van der Waals surface area (Å²) in [7, 11) is 0. The Hall–Kier alpha value is -1.17. The summed E-state index contributed by atoms with van der Waals surface area (Å²) in [6, 6.07) is 3.24. The van der Waals surface area contributed by atoms with Crippen LogP contribution in [0.25, 0.3) is 0 Å². The molecule has 1 atom stereocenters. The molecule has 0 radical (unpaired) electrons. The third-order valence-corrected chi connectivity index (χ3v) is 3.55. The first-order chi connectivity index (χ1) is 9.08. The van der Waals surface area contributed by atoms with Crippen molar-refractivity contribution in [3.8, 4) is 0 Å². The van der Waals surface area contributed by atoms with Crippen LogP contribution in [0.1, 0.15) is 13.3 Å². The van der Waals surface area contributed by atoms with E-state index in [1.54, 1.807) is 12.1 Å². The average Bonchev–Trinajstić information content (AvgIpc) is 2.35. The molecule has 19 heavy (non-hydrogen) atoms. The number of aromatic nitrogens is 1. The number of hydrogen-bond donors (Lipinski definition) is 2. The Balaban J connectivity index is 1.78. The van der Waals surface area contributed by atoms with Gasteiger partial charge in [-0.3, -0.25) is 9.69 Å². The number of aliphatic hydroxyl groups is 1. The molecule has 5 nitrogen and oxygen atoms in total. The Bertz CT molecular complexity index is 432. The first-order valence-corrected chi connectivity index (χ1v) is 6.79. The van der Waals surface area contributed by atoms with E-state index < -0.39 is 12.0 Å². The molecule has 2 N–H and O–H groups in total. The minimum atomic E-state index is -1.03. The van der Waals surface area contributed by atoms with Gasteiger partial charge in [0, 0.05) is 25.8 Å². The van der Waals surface area contributed by atoms with Crippen molar-refractivity contribution in [3.63, 3.8) is 0 Å². The molecule has 1 aliphatic heterocycles. The normalized spacial score (nSPS) is 17.8. The van der Waals surface area contributed by atoms with E-state index in [-0.39, 0.29) is 0 Å². The number of aliphatic hydroxyl groups excluding tert-OH is 1. The van der Waals surface area contributed by atoms with Crippen molar-refractivity contribution >= 4 is 23.3 Å². The number of amides is 1. The molecule has 0 saturated carbocycles. The molecule has 1 aliphatic rings. The maximum atomic E-state index is 11.8.